The number of carbonyl (C=O) groups excluding carboxylic acids is 2. The fourth-order valence-electron chi connectivity index (χ4n) is 3.67. The van der Waals surface area contributed by atoms with Gasteiger partial charge in [0.1, 0.15) is 0 Å². The number of rotatable bonds is 3. The second-order valence-electron chi connectivity index (χ2n) is 7.04. The van der Waals surface area contributed by atoms with E-state index in [2.05, 4.69) is 10.2 Å². The Morgan fingerprint density at radius 1 is 0.958 bits per heavy atom. The largest absolute Gasteiger partial charge is 0.342 e. The maximum Gasteiger partial charge on any atom is 0.262 e. The van der Waals surface area contributed by atoms with Crippen molar-refractivity contribution in [3.8, 4) is 0 Å². The summed E-state index contributed by atoms with van der Waals surface area (Å²) in [4.78, 5) is 30.2. The summed E-state index contributed by atoms with van der Waals surface area (Å²) in [6.07, 6.45) is 2.93. The van der Waals surface area contributed by atoms with E-state index in [0.717, 1.165) is 25.9 Å². The van der Waals surface area contributed by atoms with Gasteiger partial charge in [-0.3, -0.25) is 19.8 Å². The number of piperazine rings is 1. The van der Waals surface area contributed by atoms with Gasteiger partial charge in [0.15, 0.2) is 0 Å². The van der Waals surface area contributed by atoms with Gasteiger partial charge in [-0.2, -0.15) is 0 Å². The minimum atomic E-state index is -2.79. The van der Waals surface area contributed by atoms with Crippen LogP contribution in [0.25, 0.3) is 0 Å². The molecule has 3 saturated heterocycles. The first-order valence-electron chi connectivity index (χ1n) is 8.85. The smallest absolute Gasteiger partial charge is 0.262 e. The molecule has 0 bridgehead atoms. The van der Waals surface area contributed by atoms with Crippen molar-refractivity contribution < 1.29 is 18.4 Å². The van der Waals surface area contributed by atoms with Crippen LogP contribution >= 0.6 is 0 Å². The number of nitrogens with zero attached hydrogens (tertiary/aromatic N) is 3. The lowest BCUT2D eigenvalue weighted by Gasteiger charge is -2.37. The van der Waals surface area contributed by atoms with Crippen molar-refractivity contribution in [1.82, 2.24) is 20.0 Å². The summed E-state index contributed by atoms with van der Waals surface area (Å²) < 4.78 is 26.4. The molecular formula is C16H26F2N4O2. The molecule has 1 unspecified atom stereocenters. The normalized spacial score (nSPS) is 28.2. The van der Waals surface area contributed by atoms with Crippen LogP contribution in [-0.2, 0) is 9.59 Å². The number of hydrogen-bond acceptors (Lipinski definition) is 4. The molecule has 3 aliphatic heterocycles. The van der Waals surface area contributed by atoms with Crippen LogP contribution in [0, 0.1) is 0 Å². The molecule has 0 saturated carbocycles. The molecule has 136 valence electrons. The Labute approximate surface area is 141 Å². The van der Waals surface area contributed by atoms with Gasteiger partial charge in [0.25, 0.3) is 5.92 Å². The monoisotopic (exact) mass is 344 g/mol. The van der Waals surface area contributed by atoms with Crippen LogP contribution in [0.15, 0.2) is 0 Å². The molecule has 1 N–H and O–H groups in total. The van der Waals surface area contributed by atoms with Crippen LogP contribution in [0.1, 0.15) is 25.7 Å². The molecule has 2 amide bonds. The van der Waals surface area contributed by atoms with Gasteiger partial charge in [-0.25, -0.2) is 8.78 Å². The standard InChI is InChI=1S/C16H26F2N4O2/c17-16(18)10-13(19-12-16)15(24)22-8-6-20(7-9-22)11-14(23)21-4-2-1-3-5-21/h13,19H,1-12H2. The number of halogens is 2. The fourth-order valence-corrected chi connectivity index (χ4v) is 3.67. The van der Waals surface area contributed by atoms with Gasteiger partial charge in [0, 0.05) is 45.7 Å². The van der Waals surface area contributed by atoms with E-state index in [1.165, 1.54) is 6.42 Å². The lowest BCUT2D eigenvalue weighted by atomic mass is 10.1. The third-order valence-corrected chi connectivity index (χ3v) is 5.16. The van der Waals surface area contributed by atoms with E-state index in [4.69, 9.17) is 0 Å². The number of nitrogens with one attached hydrogen (secondary N) is 1. The van der Waals surface area contributed by atoms with Crippen LogP contribution in [0.2, 0.25) is 0 Å². The van der Waals surface area contributed by atoms with E-state index < -0.39 is 24.9 Å². The molecule has 0 aromatic rings. The van der Waals surface area contributed by atoms with Gasteiger partial charge in [0.05, 0.1) is 19.1 Å². The van der Waals surface area contributed by atoms with Crippen LogP contribution in [-0.4, -0.2) is 90.8 Å². The number of likely N-dealkylation sites (tertiary alicyclic amines) is 1. The van der Waals surface area contributed by atoms with Gasteiger partial charge in [-0.15, -0.1) is 0 Å². The molecule has 3 aliphatic rings. The van der Waals surface area contributed by atoms with Crippen LogP contribution < -0.4 is 5.32 Å². The van der Waals surface area contributed by atoms with Gasteiger partial charge in [-0.05, 0) is 19.3 Å². The highest BCUT2D eigenvalue weighted by atomic mass is 19.3. The molecule has 3 rings (SSSR count). The molecule has 8 heteroatoms. The van der Waals surface area contributed by atoms with E-state index in [1.807, 2.05) is 4.90 Å². The molecule has 3 heterocycles. The summed E-state index contributed by atoms with van der Waals surface area (Å²) in [6, 6.07) is -0.776. The highest BCUT2D eigenvalue weighted by Crippen LogP contribution is 2.26. The number of alkyl halides is 2. The zero-order valence-corrected chi connectivity index (χ0v) is 14.0. The van der Waals surface area contributed by atoms with Crippen LogP contribution in [0.3, 0.4) is 0 Å². The molecule has 0 aliphatic carbocycles. The van der Waals surface area contributed by atoms with Gasteiger partial charge < -0.3 is 9.80 Å². The maximum absolute atomic E-state index is 13.2. The average Bonchev–Trinajstić information content (AvgIpc) is 2.95. The molecule has 0 radical (unpaired) electrons. The number of amides is 2. The SMILES string of the molecule is O=C(CN1CCN(C(=O)C2CC(F)(F)CN2)CC1)N1CCCCC1. The molecule has 24 heavy (non-hydrogen) atoms. The first-order chi connectivity index (χ1) is 11.4. The summed E-state index contributed by atoms with van der Waals surface area (Å²) in [6.45, 7) is 3.89. The third kappa shape index (κ3) is 4.22. The van der Waals surface area contributed by atoms with Gasteiger partial charge in [-0.1, -0.05) is 0 Å². The minimum absolute atomic E-state index is 0.159. The molecular weight excluding hydrogens is 318 g/mol. The lowest BCUT2D eigenvalue weighted by Crippen LogP contribution is -2.54. The Bertz CT molecular complexity index is 475. The summed E-state index contributed by atoms with van der Waals surface area (Å²) in [5.41, 5.74) is 0. The molecule has 6 nitrogen and oxygen atoms in total. The predicted molar refractivity (Wildman–Crippen MR) is 84.8 cm³/mol. The van der Waals surface area contributed by atoms with Gasteiger partial charge in [0.2, 0.25) is 11.8 Å². The molecule has 0 aromatic heterocycles. The zero-order valence-electron chi connectivity index (χ0n) is 14.0. The molecule has 3 fully saturated rings. The van der Waals surface area contributed by atoms with Crippen molar-refractivity contribution in [1.29, 1.82) is 0 Å². The van der Waals surface area contributed by atoms with Crippen molar-refractivity contribution in [3.05, 3.63) is 0 Å². The first kappa shape index (κ1) is 17.5. The Morgan fingerprint density at radius 3 is 2.21 bits per heavy atom. The van der Waals surface area contributed by atoms with E-state index in [0.29, 0.717) is 32.7 Å². The quantitative estimate of drug-likeness (QED) is 0.791. The number of carbonyl (C=O) groups is 2. The zero-order chi connectivity index (χ0) is 17.2. The predicted octanol–water partition coefficient (Wildman–Crippen LogP) is 0.140. The maximum atomic E-state index is 13.2. The van der Waals surface area contributed by atoms with E-state index >= 15 is 0 Å². The fraction of sp³-hybridized carbons (Fsp3) is 0.875. The summed E-state index contributed by atoms with van der Waals surface area (Å²) in [5.74, 6) is -2.87. The highest BCUT2D eigenvalue weighted by Gasteiger charge is 2.43. The van der Waals surface area contributed by atoms with E-state index in [1.54, 1.807) is 4.90 Å². The van der Waals surface area contributed by atoms with E-state index in [-0.39, 0.29) is 11.8 Å². The Morgan fingerprint density at radius 2 is 1.62 bits per heavy atom. The third-order valence-electron chi connectivity index (χ3n) is 5.16. The van der Waals surface area contributed by atoms with Gasteiger partial charge >= 0.3 is 0 Å². The van der Waals surface area contributed by atoms with E-state index in [9.17, 15) is 18.4 Å². The van der Waals surface area contributed by atoms with Crippen molar-refractivity contribution >= 4 is 11.8 Å². The molecule has 1 atom stereocenters. The minimum Gasteiger partial charge on any atom is -0.342 e. The Kier molecular flexibility index (Phi) is 5.34. The van der Waals surface area contributed by atoms with Crippen molar-refractivity contribution in [2.45, 2.75) is 37.6 Å². The van der Waals surface area contributed by atoms with Crippen molar-refractivity contribution in [3.63, 3.8) is 0 Å². The van der Waals surface area contributed by atoms with Crippen molar-refractivity contribution in [2.24, 2.45) is 0 Å². The summed E-state index contributed by atoms with van der Waals surface area (Å²) >= 11 is 0. The molecule has 0 spiro atoms. The number of piperidine rings is 1. The topological polar surface area (TPSA) is 55.9 Å². The molecule has 0 aromatic carbocycles. The average molecular weight is 344 g/mol. The lowest BCUT2D eigenvalue weighted by molar-refractivity contribution is -0.137. The van der Waals surface area contributed by atoms with Crippen LogP contribution in [0.4, 0.5) is 8.78 Å². The summed E-state index contributed by atoms with van der Waals surface area (Å²) in [5, 5.41) is 2.61. The van der Waals surface area contributed by atoms with Crippen molar-refractivity contribution in [2.75, 3.05) is 52.4 Å². The second kappa shape index (κ2) is 7.31. The van der Waals surface area contributed by atoms with Crippen LogP contribution in [0.5, 0.6) is 0 Å². The highest BCUT2D eigenvalue weighted by molar-refractivity contribution is 5.82. The summed E-state index contributed by atoms with van der Waals surface area (Å²) in [7, 11) is 0. The first-order valence-corrected chi connectivity index (χ1v) is 8.85. The Hall–Kier alpha value is -1.28. The number of hydrogen-bond donors (Lipinski definition) is 1. The second-order valence-corrected chi connectivity index (χ2v) is 7.04. The Balaban J connectivity index is 1.42.